The summed E-state index contributed by atoms with van der Waals surface area (Å²) in [5, 5.41) is 0. The summed E-state index contributed by atoms with van der Waals surface area (Å²) in [6.45, 7) is 7.07. The molecule has 98 valence electrons. The highest BCUT2D eigenvalue weighted by Crippen LogP contribution is 2.51. The molecule has 1 amide bonds. The molecule has 1 heterocycles. The molecule has 0 bridgehead atoms. The standard InChI is InChI=1S/C13H24N2O2/c1-3-17-8-11-7-15(12(16)10(2)14)9-13(11)5-4-6-13/h10-11H,3-9,14H2,1-2H3/t10-,11-/m1/s1. The van der Waals surface area contributed by atoms with Gasteiger partial charge in [-0.05, 0) is 32.1 Å². The lowest BCUT2D eigenvalue weighted by molar-refractivity contribution is -0.131. The lowest BCUT2D eigenvalue weighted by atomic mass is 9.63. The van der Waals surface area contributed by atoms with Crippen molar-refractivity contribution in [3.8, 4) is 0 Å². The van der Waals surface area contributed by atoms with Crippen LogP contribution in [0.1, 0.15) is 33.1 Å². The second kappa shape index (κ2) is 4.94. The molecule has 2 aliphatic rings. The maximum Gasteiger partial charge on any atom is 0.239 e. The fourth-order valence-corrected chi connectivity index (χ4v) is 3.18. The lowest BCUT2D eigenvalue weighted by Crippen LogP contribution is -2.43. The van der Waals surface area contributed by atoms with Crippen LogP contribution in [0, 0.1) is 11.3 Å². The van der Waals surface area contributed by atoms with Gasteiger partial charge in [0.25, 0.3) is 0 Å². The number of amides is 1. The number of nitrogens with zero attached hydrogens (tertiary/aromatic N) is 1. The molecule has 1 aliphatic carbocycles. The Balaban J connectivity index is 1.99. The first kappa shape index (κ1) is 12.8. The lowest BCUT2D eigenvalue weighted by Gasteiger charge is -2.42. The van der Waals surface area contributed by atoms with Crippen LogP contribution in [0.4, 0.5) is 0 Å². The van der Waals surface area contributed by atoms with Crippen LogP contribution >= 0.6 is 0 Å². The van der Waals surface area contributed by atoms with Crippen molar-refractivity contribution >= 4 is 5.91 Å². The van der Waals surface area contributed by atoms with Gasteiger partial charge in [0.2, 0.25) is 5.91 Å². The molecule has 2 fully saturated rings. The van der Waals surface area contributed by atoms with Gasteiger partial charge in [0.15, 0.2) is 0 Å². The Kier molecular flexibility index (Phi) is 3.73. The Morgan fingerprint density at radius 1 is 1.59 bits per heavy atom. The van der Waals surface area contributed by atoms with E-state index in [1.54, 1.807) is 6.92 Å². The van der Waals surface area contributed by atoms with E-state index in [1.807, 2.05) is 11.8 Å². The summed E-state index contributed by atoms with van der Waals surface area (Å²) in [6, 6.07) is -0.377. The molecule has 0 aromatic carbocycles. The second-order valence-corrected chi connectivity index (χ2v) is 5.58. The van der Waals surface area contributed by atoms with E-state index < -0.39 is 0 Å². The summed E-state index contributed by atoms with van der Waals surface area (Å²) < 4.78 is 5.57. The molecule has 17 heavy (non-hydrogen) atoms. The van der Waals surface area contributed by atoms with Crippen LogP contribution in [0.15, 0.2) is 0 Å². The number of carbonyl (C=O) groups excluding carboxylic acids is 1. The minimum atomic E-state index is -0.377. The zero-order valence-electron chi connectivity index (χ0n) is 10.9. The van der Waals surface area contributed by atoms with Crippen molar-refractivity contribution in [3.63, 3.8) is 0 Å². The van der Waals surface area contributed by atoms with Crippen LogP contribution in [0.5, 0.6) is 0 Å². The van der Waals surface area contributed by atoms with Gasteiger partial charge in [-0.1, -0.05) is 6.42 Å². The number of hydrogen-bond donors (Lipinski definition) is 1. The second-order valence-electron chi connectivity index (χ2n) is 5.58. The van der Waals surface area contributed by atoms with E-state index in [1.165, 1.54) is 19.3 Å². The Morgan fingerprint density at radius 2 is 2.29 bits per heavy atom. The fraction of sp³-hybridized carbons (Fsp3) is 0.923. The van der Waals surface area contributed by atoms with Crippen LogP contribution in [0.2, 0.25) is 0 Å². The summed E-state index contributed by atoms with van der Waals surface area (Å²) in [6.07, 6.45) is 3.78. The maximum absolute atomic E-state index is 12.0. The van der Waals surface area contributed by atoms with Crippen LogP contribution < -0.4 is 5.73 Å². The Hall–Kier alpha value is -0.610. The molecule has 2 N–H and O–H groups in total. The first-order valence-corrected chi connectivity index (χ1v) is 6.71. The average molecular weight is 240 g/mol. The Bertz CT molecular complexity index is 287. The number of ether oxygens (including phenoxy) is 1. The Morgan fingerprint density at radius 3 is 2.76 bits per heavy atom. The van der Waals surface area contributed by atoms with Crippen molar-refractivity contribution in [2.24, 2.45) is 17.1 Å². The van der Waals surface area contributed by atoms with Gasteiger partial charge in [-0.15, -0.1) is 0 Å². The van der Waals surface area contributed by atoms with Crippen LogP contribution in [-0.4, -0.2) is 43.2 Å². The molecule has 0 unspecified atom stereocenters. The van der Waals surface area contributed by atoms with Gasteiger partial charge in [-0.2, -0.15) is 0 Å². The van der Waals surface area contributed by atoms with Crippen molar-refractivity contribution in [1.82, 2.24) is 4.90 Å². The van der Waals surface area contributed by atoms with Crippen molar-refractivity contribution in [3.05, 3.63) is 0 Å². The monoisotopic (exact) mass is 240 g/mol. The molecular weight excluding hydrogens is 216 g/mol. The molecule has 1 saturated carbocycles. The number of hydrogen-bond acceptors (Lipinski definition) is 3. The highest BCUT2D eigenvalue weighted by molar-refractivity contribution is 5.81. The van der Waals surface area contributed by atoms with Crippen molar-refractivity contribution in [2.75, 3.05) is 26.3 Å². The summed E-state index contributed by atoms with van der Waals surface area (Å²) in [5.74, 6) is 0.606. The number of likely N-dealkylation sites (tertiary alicyclic amines) is 1. The van der Waals surface area contributed by atoms with Crippen LogP contribution in [0.25, 0.3) is 0 Å². The largest absolute Gasteiger partial charge is 0.381 e. The van der Waals surface area contributed by atoms with E-state index in [0.29, 0.717) is 11.3 Å². The minimum absolute atomic E-state index is 0.0928. The summed E-state index contributed by atoms with van der Waals surface area (Å²) in [7, 11) is 0. The molecule has 0 aromatic heterocycles. The van der Waals surface area contributed by atoms with Gasteiger partial charge >= 0.3 is 0 Å². The molecule has 2 atom stereocenters. The first-order valence-electron chi connectivity index (χ1n) is 6.71. The number of nitrogens with two attached hydrogens (primary N) is 1. The molecule has 1 spiro atoms. The predicted octanol–water partition coefficient (Wildman–Crippen LogP) is 0.999. The fourth-order valence-electron chi connectivity index (χ4n) is 3.18. The normalized spacial score (nSPS) is 28.2. The smallest absolute Gasteiger partial charge is 0.239 e. The number of carbonyl (C=O) groups is 1. The highest BCUT2D eigenvalue weighted by Gasteiger charge is 2.51. The molecule has 4 nitrogen and oxygen atoms in total. The average Bonchev–Trinajstić information content (AvgIpc) is 2.64. The van der Waals surface area contributed by atoms with E-state index in [-0.39, 0.29) is 11.9 Å². The predicted molar refractivity (Wildman–Crippen MR) is 66.5 cm³/mol. The van der Waals surface area contributed by atoms with Crippen molar-refractivity contribution < 1.29 is 9.53 Å². The van der Waals surface area contributed by atoms with Crippen LogP contribution in [0.3, 0.4) is 0 Å². The zero-order chi connectivity index (χ0) is 12.5. The quantitative estimate of drug-likeness (QED) is 0.797. The van der Waals surface area contributed by atoms with Crippen molar-refractivity contribution in [2.45, 2.75) is 39.2 Å². The van der Waals surface area contributed by atoms with Gasteiger partial charge in [0, 0.05) is 25.6 Å². The summed E-state index contributed by atoms with van der Waals surface area (Å²) >= 11 is 0. The van der Waals surface area contributed by atoms with E-state index in [2.05, 4.69) is 0 Å². The summed E-state index contributed by atoms with van der Waals surface area (Å²) in [4.78, 5) is 13.9. The Labute approximate surface area is 103 Å². The summed E-state index contributed by atoms with van der Waals surface area (Å²) in [5.41, 5.74) is 6.03. The molecule has 0 aromatic rings. The zero-order valence-corrected chi connectivity index (χ0v) is 10.9. The minimum Gasteiger partial charge on any atom is -0.381 e. The van der Waals surface area contributed by atoms with Gasteiger partial charge in [-0.3, -0.25) is 4.79 Å². The third kappa shape index (κ3) is 2.33. The molecule has 4 heteroatoms. The molecule has 0 radical (unpaired) electrons. The molecule has 1 saturated heterocycles. The van der Waals surface area contributed by atoms with E-state index in [0.717, 1.165) is 26.3 Å². The topological polar surface area (TPSA) is 55.6 Å². The van der Waals surface area contributed by atoms with Crippen LogP contribution in [-0.2, 0) is 9.53 Å². The van der Waals surface area contributed by atoms with E-state index in [9.17, 15) is 4.79 Å². The van der Waals surface area contributed by atoms with Gasteiger partial charge in [0.05, 0.1) is 12.6 Å². The maximum atomic E-state index is 12.0. The van der Waals surface area contributed by atoms with Gasteiger partial charge in [0.1, 0.15) is 0 Å². The van der Waals surface area contributed by atoms with E-state index in [4.69, 9.17) is 10.5 Å². The van der Waals surface area contributed by atoms with E-state index >= 15 is 0 Å². The highest BCUT2D eigenvalue weighted by atomic mass is 16.5. The van der Waals surface area contributed by atoms with Gasteiger partial charge < -0.3 is 15.4 Å². The molecular formula is C13H24N2O2. The third-order valence-electron chi connectivity index (χ3n) is 4.39. The molecule has 2 rings (SSSR count). The third-order valence-corrected chi connectivity index (χ3v) is 4.39. The van der Waals surface area contributed by atoms with Gasteiger partial charge in [-0.25, -0.2) is 0 Å². The first-order chi connectivity index (χ1) is 8.09. The SMILES string of the molecule is CCOC[C@H]1CN(C(=O)[C@@H](C)N)CC12CCC2. The number of rotatable bonds is 4. The molecule has 1 aliphatic heterocycles. The van der Waals surface area contributed by atoms with Crippen molar-refractivity contribution in [1.29, 1.82) is 0 Å².